The summed E-state index contributed by atoms with van der Waals surface area (Å²) >= 11 is 0. The molecule has 2 aliphatic heterocycles. The molecule has 3 amide bonds. The van der Waals surface area contributed by atoms with Crippen LogP contribution in [0.25, 0.3) is 0 Å². The minimum absolute atomic E-state index is 0.00308. The van der Waals surface area contributed by atoms with Crippen LogP contribution < -0.4 is 5.32 Å². The first-order chi connectivity index (χ1) is 13.1. The fourth-order valence-electron chi connectivity index (χ4n) is 3.81. The third kappa shape index (κ3) is 5.55. The molecular formula is C21H29N3O3. The standard InChI is InChI=1S/C21H29N3O3/c25-19-8-4-5-13-23(19)15-12-22-21(27)18-9-10-20(26)24(16-18)14-11-17-6-2-1-3-7-17/h1-3,6-7,18H,4-5,8-16H2,(H,22,27). The number of amides is 3. The van der Waals surface area contributed by atoms with Crippen LogP contribution in [-0.4, -0.2) is 60.2 Å². The first-order valence-corrected chi connectivity index (χ1v) is 10.0. The predicted molar refractivity (Wildman–Crippen MR) is 103 cm³/mol. The van der Waals surface area contributed by atoms with Gasteiger partial charge in [-0.3, -0.25) is 14.4 Å². The van der Waals surface area contributed by atoms with Gasteiger partial charge in [0.15, 0.2) is 0 Å². The Kier molecular flexibility index (Phi) is 6.85. The third-order valence-electron chi connectivity index (χ3n) is 5.49. The van der Waals surface area contributed by atoms with Crippen molar-refractivity contribution in [3.05, 3.63) is 35.9 Å². The van der Waals surface area contributed by atoms with Gasteiger partial charge in [0.2, 0.25) is 17.7 Å². The Morgan fingerprint density at radius 2 is 1.78 bits per heavy atom. The van der Waals surface area contributed by atoms with E-state index < -0.39 is 0 Å². The minimum Gasteiger partial charge on any atom is -0.354 e. The molecule has 2 fully saturated rings. The van der Waals surface area contributed by atoms with Crippen molar-refractivity contribution < 1.29 is 14.4 Å². The maximum absolute atomic E-state index is 12.5. The minimum atomic E-state index is -0.157. The summed E-state index contributed by atoms with van der Waals surface area (Å²) in [4.78, 5) is 40.1. The molecule has 0 spiro atoms. The molecule has 0 aliphatic carbocycles. The van der Waals surface area contributed by atoms with Crippen LogP contribution in [0.1, 0.15) is 37.7 Å². The molecule has 6 nitrogen and oxygen atoms in total. The first kappa shape index (κ1) is 19.4. The molecule has 0 radical (unpaired) electrons. The van der Waals surface area contributed by atoms with Crippen molar-refractivity contribution in [1.29, 1.82) is 0 Å². The van der Waals surface area contributed by atoms with Gasteiger partial charge in [0, 0.05) is 45.6 Å². The van der Waals surface area contributed by atoms with E-state index >= 15 is 0 Å². The Labute approximate surface area is 160 Å². The molecular weight excluding hydrogens is 342 g/mol. The van der Waals surface area contributed by atoms with E-state index in [1.165, 1.54) is 5.56 Å². The molecule has 0 bridgehead atoms. The van der Waals surface area contributed by atoms with Crippen LogP contribution in [-0.2, 0) is 20.8 Å². The van der Waals surface area contributed by atoms with Crippen molar-refractivity contribution >= 4 is 17.7 Å². The summed E-state index contributed by atoms with van der Waals surface area (Å²) in [6.45, 7) is 2.99. The van der Waals surface area contributed by atoms with Crippen LogP contribution >= 0.6 is 0 Å². The van der Waals surface area contributed by atoms with Crippen LogP contribution in [0, 0.1) is 5.92 Å². The fraction of sp³-hybridized carbons (Fsp3) is 0.571. The molecule has 1 atom stereocenters. The SMILES string of the molecule is O=C(NCCN1CCCCC1=O)C1CCC(=O)N(CCc2ccccc2)C1. The number of hydrogen-bond donors (Lipinski definition) is 1. The average Bonchev–Trinajstić information content (AvgIpc) is 2.69. The Morgan fingerprint density at radius 1 is 1.00 bits per heavy atom. The second kappa shape index (κ2) is 9.53. The van der Waals surface area contributed by atoms with Crippen LogP contribution in [0.2, 0.25) is 0 Å². The highest BCUT2D eigenvalue weighted by Gasteiger charge is 2.30. The lowest BCUT2D eigenvalue weighted by Gasteiger charge is -2.32. The zero-order valence-corrected chi connectivity index (χ0v) is 15.9. The third-order valence-corrected chi connectivity index (χ3v) is 5.49. The Hall–Kier alpha value is -2.37. The topological polar surface area (TPSA) is 69.7 Å². The summed E-state index contributed by atoms with van der Waals surface area (Å²) in [5.74, 6) is 0.159. The Morgan fingerprint density at radius 3 is 2.56 bits per heavy atom. The van der Waals surface area contributed by atoms with Gasteiger partial charge in [0.05, 0.1) is 5.92 Å². The van der Waals surface area contributed by atoms with Crippen LogP contribution in [0.4, 0.5) is 0 Å². The number of carbonyl (C=O) groups excluding carboxylic acids is 3. The highest BCUT2D eigenvalue weighted by atomic mass is 16.2. The van der Waals surface area contributed by atoms with Crippen molar-refractivity contribution in [2.45, 2.75) is 38.5 Å². The van der Waals surface area contributed by atoms with Gasteiger partial charge in [-0.2, -0.15) is 0 Å². The molecule has 6 heteroatoms. The smallest absolute Gasteiger partial charge is 0.224 e. The number of carbonyl (C=O) groups is 3. The lowest BCUT2D eigenvalue weighted by atomic mass is 9.96. The summed E-state index contributed by atoms with van der Waals surface area (Å²) in [5, 5.41) is 2.96. The fourth-order valence-corrected chi connectivity index (χ4v) is 3.81. The van der Waals surface area contributed by atoms with Gasteiger partial charge in [-0.15, -0.1) is 0 Å². The molecule has 1 aromatic carbocycles. The zero-order valence-electron chi connectivity index (χ0n) is 15.9. The van der Waals surface area contributed by atoms with E-state index in [4.69, 9.17) is 0 Å². The van der Waals surface area contributed by atoms with Gasteiger partial charge in [-0.05, 0) is 31.2 Å². The number of nitrogens with one attached hydrogen (secondary N) is 1. The molecule has 146 valence electrons. The van der Waals surface area contributed by atoms with E-state index in [-0.39, 0.29) is 23.6 Å². The van der Waals surface area contributed by atoms with Crippen LogP contribution in [0.5, 0.6) is 0 Å². The van der Waals surface area contributed by atoms with Gasteiger partial charge >= 0.3 is 0 Å². The number of rotatable bonds is 7. The summed E-state index contributed by atoms with van der Waals surface area (Å²) in [5.41, 5.74) is 1.20. The maximum atomic E-state index is 12.5. The van der Waals surface area contributed by atoms with Crippen molar-refractivity contribution in [1.82, 2.24) is 15.1 Å². The van der Waals surface area contributed by atoms with E-state index in [9.17, 15) is 14.4 Å². The van der Waals surface area contributed by atoms with Gasteiger partial charge in [0.25, 0.3) is 0 Å². The number of piperidine rings is 2. The number of likely N-dealkylation sites (tertiary alicyclic amines) is 2. The van der Waals surface area contributed by atoms with E-state index in [0.29, 0.717) is 45.4 Å². The Balaban J connectivity index is 1.42. The second-order valence-electron chi connectivity index (χ2n) is 7.44. The van der Waals surface area contributed by atoms with Crippen molar-refractivity contribution in [3.63, 3.8) is 0 Å². The van der Waals surface area contributed by atoms with Gasteiger partial charge in [-0.1, -0.05) is 30.3 Å². The molecule has 1 aromatic rings. The van der Waals surface area contributed by atoms with Crippen LogP contribution in [0.3, 0.4) is 0 Å². The van der Waals surface area contributed by atoms with Gasteiger partial charge in [-0.25, -0.2) is 0 Å². The van der Waals surface area contributed by atoms with E-state index in [0.717, 1.165) is 25.8 Å². The van der Waals surface area contributed by atoms with Crippen LogP contribution in [0.15, 0.2) is 30.3 Å². The van der Waals surface area contributed by atoms with E-state index in [2.05, 4.69) is 17.4 Å². The lowest BCUT2D eigenvalue weighted by molar-refractivity contribution is -0.139. The molecule has 2 heterocycles. The summed E-state index contributed by atoms with van der Waals surface area (Å²) < 4.78 is 0. The maximum Gasteiger partial charge on any atom is 0.224 e. The molecule has 2 aliphatic rings. The molecule has 0 aromatic heterocycles. The zero-order chi connectivity index (χ0) is 19.1. The predicted octanol–water partition coefficient (Wildman–Crippen LogP) is 1.60. The molecule has 2 saturated heterocycles. The first-order valence-electron chi connectivity index (χ1n) is 10.0. The number of benzene rings is 1. The molecule has 1 N–H and O–H groups in total. The van der Waals surface area contributed by atoms with E-state index in [1.54, 1.807) is 0 Å². The highest BCUT2D eigenvalue weighted by Crippen LogP contribution is 2.18. The molecule has 0 saturated carbocycles. The van der Waals surface area contributed by atoms with Gasteiger partial charge in [0.1, 0.15) is 0 Å². The number of nitrogens with zero attached hydrogens (tertiary/aromatic N) is 2. The Bertz CT molecular complexity index is 662. The van der Waals surface area contributed by atoms with Crippen molar-refractivity contribution in [2.75, 3.05) is 32.7 Å². The van der Waals surface area contributed by atoms with E-state index in [1.807, 2.05) is 28.0 Å². The summed E-state index contributed by atoms with van der Waals surface area (Å²) in [6, 6.07) is 10.1. The van der Waals surface area contributed by atoms with Gasteiger partial charge < -0.3 is 15.1 Å². The number of hydrogen-bond acceptors (Lipinski definition) is 3. The largest absolute Gasteiger partial charge is 0.354 e. The quantitative estimate of drug-likeness (QED) is 0.791. The average molecular weight is 371 g/mol. The second-order valence-corrected chi connectivity index (χ2v) is 7.44. The summed E-state index contributed by atoms with van der Waals surface area (Å²) in [7, 11) is 0. The normalized spacial score (nSPS) is 20.7. The lowest BCUT2D eigenvalue weighted by Crippen LogP contribution is -2.48. The highest BCUT2D eigenvalue weighted by molar-refractivity contribution is 5.84. The monoisotopic (exact) mass is 371 g/mol. The molecule has 3 rings (SSSR count). The van der Waals surface area contributed by atoms with Crippen molar-refractivity contribution in [2.24, 2.45) is 5.92 Å². The molecule has 27 heavy (non-hydrogen) atoms. The molecule has 1 unspecified atom stereocenters. The summed E-state index contributed by atoms with van der Waals surface area (Å²) in [6.07, 6.45) is 4.47. The van der Waals surface area contributed by atoms with Crippen molar-refractivity contribution in [3.8, 4) is 0 Å².